The molecule has 0 spiro atoms. The van der Waals surface area contributed by atoms with Crippen LogP contribution in [0.3, 0.4) is 0 Å². The largest absolute Gasteiger partial charge is 0.497 e. The fourth-order valence-electron chi connectivity index (χ4n) is 3.67. The topological polar surface area (TPSA) is 148 Å². The number of sulfonamides is 1. The number of non-ortho nitro benzene ring substituents is 1. The van der Waals surface area contributed by atoms with Gasteiger partial charge in [-0.25, -0.2) is 8.42 Å². The summed E-state index contributed by atoms with van der Waals surface area (Å²) in [5, 5.41) is 14.1. The molecule has 38 heavy (non-hydrogen) atoms. The van der Waals surface area contributed by atoms with Crippen molar-refractivity contribution in [2.24, 2.45) is 0 Å². The van der Waals surface area contributed by atoms with Gasteiger partial charge < -0.3 is 19.7 Å². The molecule has 2 aromatic carbocycles. The van der Waals surface area contributed by atoms with Crippen LogP contribution in [-0.2, 0) is 26.2 Å². The van der Waals surface area contributed by atoms with E-state index in [2.05, 4.69) is 5.32 Å². The van der Waals surface area contributed by atoms with Crippen LogP contribution in [0.15, 0.2) is 42.5 Å². The molecule has 0 aliphatic carbocycles. The van der Waals surface area contributed by atoms with Crippen LogP contribution in [0.25, 0.3) is 0 Å². The Balaban J connectivity index is 2.49. The van der Waals surface area contributed by atoms with E-state index in [1.54, 1.807) is 31.2 Å². The number of nitro groups is 1. The molecular weight excluding hydrogens is 516 g/mol. The van der Waals surface area contributed by atoms with Gasteiger partial charge in [-0.2, -0.15) is 0 Å². The second-order valence-corrected chi connectivity index (χ2v) is 10.5. The number of benzene rings is 2. The fraction of sp³-hybridized carbons (Fsp3) is 0.440. The van der Waals surface area contributed by atoms with Crippen molar-refractivity contribution in [2.75, 3.05) is 37.9 Å². The molecule has 0 fully saturated rings. The van der Waals surface area contributed by atoms with Gasteiger partial charge in [0.1, 0.15) is 29.8 Å². The highest BCUT2D eigenvalue weighted by Gasteiger charge is 2.32. The van der Waals surface area contributed by atoms with Crippen LogP contribution < -0.4 is 19.1 Å². The van der Waals surface area contributed by atoms with Crippen LogP contribution in [0.4, 0.5) is 11.4 Å². The Morgan fingerprint density at radius 1 is 1.13 bits per heavy atom. The number of anilines is 1. The fourth-order valence-corrected chi connectivity index (χ4v) is 4.51. The van der Waals surface area contributed by atoms with Crippen molar-refractivity contribution in [3.63, 3.8) is 0 Å². The molecule has 0 saturated carbocycles. The van der Waals surface area contributed by atoms with Crippen molar-refractivity contribution >= 4 is 33.2 Å². The Morgan fingerprint density at radius 3 is 2.42 bits per heavy atom. The Morgan fingerprint density at radius 2 is 1.84 bits per heavy atom. The summed E-state index contributed by atoms with van der Waals surface area (Å²) in [6.07, 6.45) is 2.51. The molecule has 1 N–H and O–H groups in total. The standard InChI is InChI=1S/C25H34N4O8S/c1-6-7-13-26-25(31)18(2)27(16-19-9-8-10-21(14-19)36-3)24(30)17-28(38(5,34)35)22-15-20(29(32)33)11-12-23(22)37-4/h8-12,14-15,18H,6-7,13,16-17H2,1-5H3,(H,26,31)/t18-/m1/s1. The maximum atomic E-state index is 13.7. The number of nitro benzene ring substituents is 1. The molecule has 1 atom stereocenters. The van der Waals surface area contributed by atoms with Gasteiger partial charge in [-0.3, -0.25) is 24.0 Å². The number of carbonyl (C=O) groups excluding carboxylic acids is 2. The van der Waals surface area contributed by atoms with E-state index in [0.717, 1.165) is 29.5 Å². The summed E-state index contributed by atoms with van der Waals surface area (Å²) in [6, 6.07) is 9.44. The number of hydrogen-bond donors (Lipinski definition) is 1. The number of ether oxygens (including phenoxy) is 2. The monoisotopic (exact) mass is 550 g/mol. The van der Waals surface area contributed by atoms with Crippen LogP contribution >= 0.6 is 0 Å². The van der Waals surface area contributed by atoms with Gasteiger partial charge in [-0.05, 0) is 37.1 Å². The van der Waals surface area contributed by atoms with E-state index in [-0.39, 0.29) is 23.7 Å². The molecule has 0 unspecified atom stereocenters. The molecule has 208 valence electrons. The minimum atomic E-state index is -4.11. The van der Waals surface area contributed by atoms with E-state index in [1.807, 2.05) is 6.92 Å². The Kier molecular flexibility index (Phi) is 10.9. The average Bonchev–Trinajstić information content (AvgIpc) is 2.88. The number of carbonyl (C=O) groups is 2. The second-order valence-electron chi connectivity index (χ2n) is 8.58. The number of nitrogens with zero attached hydrogens (tertiary/aromatic N) is 3. The molecule has 0 bridgehead atoms. The highest BCUT2D eigenvalue weighted by Crippen LogP contribution is 2.34. The molecule has 2 aromatic rings. The maximum absolute atomic E-state index is 13.7. The van der Waals surface area contributed by atoms with Crippen molar-refractivity contribution in [1.29, 1.82) is 0 Å². The van der Waals surface area contributed by atoms with Crippen molar-refractivity contribution in [1.82, 2.24) is 10.2 Å². The predicted molar refractivity (Wildman–Crippen MR) is 143 cm³/mol. The highest BCUT2D eigenvalue weighted by molar-refractivity contribution is 7.92. The van der Waals surface area contributed by atoms with Gasteiger partial charge in [0.15, 0.2) is 0 Å². The number of methoxy groups -OCH3 is 2. The number of hydrogen-bond acceptors (Lipinski definition) is 8. The highest BCUT2D eigenvalue weighted by atomic mass is 32.2. The number of rotatable bonds is 14. The van der Waals surface area contributed by atoms with E-state index in [9.17, 15) is 28.1 Å². The van der Waals surface area contributed by atoms with Crippen molar-refractivity contribution in [3.8, 4) is 11.5 Å². The second kappa shape index (κ2) is 13.6. The summed E-state index contributed by atoms with van der Waals surface area (Å²) in [6.45, 7) is 3.24. The SMILES string of the molecule is CCCCNC(=O)[C@@H](C)N(Cc1cccc(OC)c1)C(=O)CN(c1cc([N+](=O)[O-])ccc1OC)S(C)(=O)=O. The van der Waals surface area contributed by atoms with E-state index >= 15 is 0 Å². The van der Waals surface area contributed by atoms with Gasteiger partial charge in [-0.15, -0.1) is 0 Å². The Labute approximate surface area is 222 Å². The zero-order valence-electron chi connectivity index (χ0n) is 22.2. The molecule has 13 heteroatoms. The third-order valence-corrected chi connectivity index (χ3v) is 6.93. The molecule has 0 aliphatic rings. The quantitative estimate of drug-likeness (QED) is 0.214. The molecule has 2 rings (SSSR count). The molecule has 0 radical (unpaired) electrons. The van der Waals surface area contributed by atoms with Crippen molar-refractivity contribution in [2.45, 2.75) is 39.3 Å². The lowest BCUT2D eigenvalue weighted by Gasteiger charge is -2.31. The van der Waals surface area contributed by atoms with E-state index in [4.69, 9.17) is 9.47 Å². The van der Waals surface area contributed by atoms with E-state index < -0.39 is 39.3 Å². The summed E-state index contributed by atoms with van der Waals surface area (Å²) in [5.74, 6) is -0.508. The van der Waals surface area contributed by atoms with Crippen LogP contribution in [0.1, 0.15) is 32.3 Å². The summed E-state index contributed by atoms with van der Waals surface area (Å²) in [5.41, 5.74) is 0.113. The normalized spacial score (nSPS) is 11.8. The molecule has 0 aliphatic heterocycles. The van der Waals surface area contributed by atoms with Gasteiger partial charge in [0.2, 0.25) is 21.8 Å². The van der Waals surface area contributed by atoms with E-state index in [0.29, 0.717) is 17.9 Å². The first-order chi connectivity index (χ1) is 17.9. The molecule has 12 nitrogen and oxygen atoms in total. The number of amides is 2. The van der Waals surface area contributed by atoms with Gasteiger partial charge in [-0.1, -0.05) is 25.5 Å². The zero-order chi connectivity index (χ0) is 28.5. The molecule has 0 aromatic heterocycles. The minimum Gasteiger partial charge on any atom is -0.497 e. The van der Waals surface area contributed by atoms with Crippen molar-refractivity contribution < 1.29 is 32.4 Å². The van der Waals surface area contributed by atoms with Crippen LogP contribution in [0.2, 0.25) is 0 Å². The van der Waals surface area contributed by atoms with Gasteiger partial charge in [0.05, 0.1) is 25.4 Å². The van der Waals surface area contributed by atoms with Crippen LogP contribution in [0.5, 0.6) is 11.5 Å². The molecule has 0 heterocycles. The average molecular weight is 551 g/mol. The number of unbranched alkanes of at least 4 members (excludes halogenated alkanes) is 1. The maximum Gasteiger partial charge on any atom is 0.271 e. The Hall–Kier alpha value is -3.87. The summed E-state index contributed by atoms with van der Waals surface area (Å²) in [7, 11) is -1.32. The first-order valence-electron chi connectivity index (χ1n) is 11.9. The lowest BCUT2D eigenvalue weighted by Crippen LogP contribution is -2.51. The predicted octanol–water partition coefficient (Wildman–Crippen LogP) is 2.71. The van der Waals surface area contributed by atoms with Crippen LogP contribution in [-0.4, -0.2) is 69.7 Å². The molecular formula is C25H34N4O8S. The van der Waals surface area contributed by atoms with Crippen LogP contribution in [0, 0.1) is 10.1 Å². The smallest absolute Gasteiger partial charge is 0.271 e. The van der Waals surface area contributed by atoms with E-state index in [1.165, 1.54) is 31.3 Å². The molecule has 0 saturated heterocycles. The lowest BCUT2D eigenvalue weighted by atomic mass is 10.1. The summed E-state index contributed by atoms with van der Waals surface area (Å²) in [4.78, 5) is 38.5. The first kappa shape index (κ1) is 30.4. The first-order valence-corrected chi connectivity index (χ1v) is 13.8. The third-order valence-electron chi connectivity index (χ3n) is 5.81. The zero-order valence-corrected chi connectivity index (χ0v) is 23.0. The van der Waals surface area contributed by atoms with Gasteiger partial charge in [0, 0.05) is 25.2 Å². The Bertz CT molecular complexity index is 1250. The summed E-state index contributed by atoms with van der Waals surface area (Å²) >= 11 is 0. The van der Waals surface area contributed by atoms with Gasteiger partial charge in [0.25, 0.3) is 5.69 Å². The lowest BCUT2D eigenvalue weighted by molar-refractivity contribution is -0.384. The summed E-state index contributed by atoms with van der Waals surface area (Å²) < 4.78 is 36.8. The third kappa shape index (κ3) is 8.07. The number of nitrogens with one attached hydrogen (secondary N) is 1. The molecule has 2 amide bonds. The minimum absolute atomic E-state index is 0.0118. The van der Waals surface area contributed by atoms with Crippen molar-refractivity contribution in [3.05, 3.63) is 58.1 Å². The van der Waals surface area contributed by atoms with Gasteiger partial charge >= 0.3 is 0 Å².